The Hall–Kier alpha value is -1.30. The summed E-state index contributed by atoms with van der Waals surface area (Å²) in [6.07, 6.45) is 0. The van der Waals surface area contributed by atoms with E-state index in [-0.39, 0.29) is 21.5 Å². The molecule has 0 atom stereocenters. The van der Waals surface area contributed by atoms with Crippen LogP contribution in [0.4, 0.5) is 10.1 Å². The monoisotopic (exact) mass is 347 g/mol. The van der Waals surface area contributed by atoms with Crippen LogP contribution in [-0.2, 0) is 15.9 Å². The van der Waals surface area contributed by atoms with E-state index >= 15 is 0 Å². The average Bonchev–Trinajstić information content (AvgIpc) is 2.46. The zero-order valence-electron chi connectivity index (χ0n) is 11.1. The number of sulfonamides is 1. The molecular weight excluding hydrogens is 336 g/mol. The topological polar surface area (TPSA) is 37.4 Å². The first-order valence-corrected chi connectivity index (χ1v) is 8.30. The van der Waals surface area contributed by atoms with Crippen molar-refractivity contribution >= 4 is 38.9 Å². The highest BCUT2D eigenvalue weighted by atomic mass is 35.5. The van der Waals surface area contributed by atoms with E-state index in [0.717, 1.165) is 10.4 Å². The molecule has 3 nitrogen and oxygen atoms in total. The van der Waals surface area contributed by atoms with Crippen molar-refractivity contribution in [3.63, 3.8) is 0 Å². The second-order valence-corrected chi connectivity index (χ2v) is 6.96. The molecular formula is C14H12Cl2FNO2S. The highest BCUT2D eigenvalue weighted by Gasteiger charge is 2.24. The van der Waals surface area contributed by atoms with Gasteiger partial charge >= 0.3 is 0 Å². The number of alkyl halides is 1. The maximum atomic E-state index is 13.3. The van der Waals surface area contributed by atoms with Crippen LogP contribution in [0.15, 0.2) is 47.4 Å². The Kier molecular flexibility index (Phi) is 4.76. The summed E-state index contributed by atoms with van der Waals surface area (Å²) in [6, 6.07) is 9.86. The Balaban J connectivity index is 2.51. The maximum absolute atomic E-state index is 13.3. The van der Waals surface area contributed by atoms with Gasteiger partial charge in [-0.15, -0.1) is 11.6 Å². The summed E-state index contributed by atoms with van der Waals surface area (Å²) in [5, 5.41) is 0.0899. The predicted octanol–water partition coefficient (Wildman–Crippen LogP) is 4.04. The van der Waals surface area contributed by atoms with Crippen LogP contribution in [0.3, 0.4) is 0 Å². The summed E-state index contributed by atoms with van der Waals surface area (Å²) in [4.78, 5) is -0.0610. The fourth-order valence-corrected chi connectivity index (χ4v) is 3.66. The van der Waals surface area contributed by atoms with Crippen molar-refractivity contribution in [2.45, 2.75) is 10.8 Å². The van der Waals surface area contributed by atoms with Crippen molar-refractivity contribution < 1.29 is 12.8 Å². The molecule has 21 heavy (non-hydrogen) atoms. The second kappa shape index (κ2) is 6.22. The lowest BCUT2D eigenvalue weighted by Gasteiger charge is -2.20. The van der Waals surface area contributed by atoms with Crippen LogP contribution in [0.2, 0.25) is 5.02 Å². The number of rotatable bonds is 4. The van der Waals surface area contributed by atoms with Gasteiger partial charge in [-0.05, 0) is 35.9 Å². The van der Waals surface area contributed by atoms with E-state index in [4.69, 9.17) is 23.2 Å². The molecule has 112 valence electrons. The van der Waals surface area contributed by atoms with Crippen LogP contribution >= 0.6 is 23.2 Å². The molecule has 0 heterocycles. The number of hydrogen-bond donors (Lipinski definition) is 0. The molecule has 0 N–H and O–H groups in total. The fourth-order valence-electron chi connectivity index (χ4n) is 1.79. The summed E-state index contributed by atoms with van der Waals surface area (Å²) in [6.45, 7) is 0. The molecule has 0 aliphatic carbocycles. The third-order valence-corrected chi connectivity index (χ3v) is 5.54. The molecule has 2 rings (SSSR count). The molecule has 0 aromatic heterocycles. The number of benzene rings is 2. The molecule has 0 spiro atoms. The van der Waals surface area contributed by atoms with Gasteiger partial charge in [-0.2, -0.15) is 0 Å². The Bertz CT molecular complexity index is 765. The van der Waals surface area contributed by atoms with Gasteiger partial charge in [0.05, 0.1) is 10.7 Å². The molecule has 0 aliphatic heterocycles. The molecule has 0 aliphatic rings. The highest BCUT2D eigenvalue weighted by Crippen LogP contribution is 2.29. The largest absolute Gasteiger partial charge is 0.269 e. The molecule has 2 aromatic carbocycles. The molecule has 0 bridgehead atoms. The van der Waals surface area contributed by atoms with Crippen molar-refractivity contribution in [1.82, 2.24) is 0 Å². The van der Waals surface area contributed by atoms with E-state index in [1.807, 2.05) is 0 Å². The summed E-state index contributed by atoms with van der Waals surface area (Å²) in [5.74, 6) is -0.348. The molecule has 7 heteroatoms. The van der Waals surface area contributed by atoms with Gasteiger partial charge < -0.3 is 0 Å². The van der Waals surface area contributed by atoms with E-state index in [0.29, 0.717) is 5.56 Å². The van der Waals surface area contributed by atoms with Gasteiger partial charge in [-0.3, -0.25) is 4.31 Å². The van der Waals surface area contributed by atoms with Crippen LogP contribution < -0.4 is 4.31 Å². The van der Waals surface area contributed by atoms with Gasteiger partial charge in [-0.1, -0.05) is 23.7 Å². The van der Waals surface area contributed by atoms with Crippen LogP contribution in [0.5, 0.6) is 0 Å². The first-order chi connectivity index (χ1) is 9.86. The van der Waals surface area contributed by atoms with Gasteiger partial charge in [0.1, 0.15) is 10.7 Å². The Morgan fingerprint density at radius 2 is 1.90 bits per heavy atom. The van der Waals surface area contributed by atoms with E-state index in [2.05, 4.69) is 0 Å². The average molecular weight is 348 g/mol. The van der Waals surface area contributed by atoms with Crippen LogP contribution in [0.25, 0.3) is 0 Å². The minimum absolute atomic E-state index is 0.0610. The summed E-state index contributed by atoms with van der Waals surface area (Å²) in [7, 11) is -2.55. The van der Waals surface area contributed by atoms with Crippen LogP contribution in [-0.4, -0.2) is 15.5 Å². The molecule has 0 unspecified atom stereocenters. The zero-order valence-corrected chi connectivity index (χ0v) is 13.4. The van der Waals surface area contributed by atoms with E-state index in [1.54, 1.807) is 6.07 Å². The van der Waals surface area contributed by atoms with Gasteiger partial charge in [-0.25, -0.2) is 12.8 Å². The zero-order chi connectivity index (χ0) is 15.6. The van der Waals surface area contributed by atoms with Crippen molar-refractivity contribution in [3.8, 4) is 0 Å². The Labute approximate surface area is 133 Å². The minimum atomic E-state index is -3.90. The van der Waals surface area contributed by atoms with Crippen molar-refractivity contribution in [1.29, 1.82) is 0 Å². The molecule has 2 aromatic rings. The van der Waals surface area contributed by atoms with Crippen LogP contribution in [0.1, 0.15) is 5.56 Å². The lowest BCUT2D eigenvalue weighted by Crippen LogP contribution is -2.27. The third-order valence-electron chi connectivity index (χ3n) is 2.96. The predicted molar refractivity (Wildman–Crippen MR) is 83.0 cm³/mol. The maximum Gasteiger partial charge on any atom is 0.265 e. The lowest BCUT2D eigenvalue weighted by atomic mass is 10.2. The number of anilines is 1. The molecule has 0 saturated heterocycles. The van der Waals surface area contributed by atoms with Crippen LogP contribution in [0, 0.1) is 5.82 Å². The van der Waals surface area contributed by atoms with Gasteiger partial charge in [0.15, 0.2) is 0 Å². The fraction of sp³-hybridized carbons (Fsp3) is 0.143. The number of hydrogen-bond acceptors (Lipinski definition) is 2. The van der Waals surface area contributed by atoms with Crippen molar-refractivity contribution in [2.24, 2.45) is 0 Å². The van der Waals surface area contributed by atoms with Crippen molar-refractivity contribution in [3.05, 3.63) is 58.9 Å². The van der Waals surface area contributed by atoms with Crippen molar-refractivity contribution in [2.75, 3.05) is 11.4 Å². The van der Waals surface area contributed by atoms with E-state index in [1.165, 1.54) is 37.4 Å². The number of nitrogens with zero attached hydrogens (tertiary/aromatic N) is 1. The van der Waals surface area contributed by atoms with E-state index in [9.17, 15) is 12.8 Å². The van der Waals surface area contributed by atoms with Gasteiger partial charge in [0, 0.05) is 12.9 Å². The SMILES string of the molecule is CN(c1cccc(F)c1)S(=O)(=O)c1cc(CCl)ccc1Cl. The molecule has 0 fully saturated rings. The first-order valence-electron chi connectivity index (χ1n) is 5.95. The quantitative estimate of drug-likeness (QED) is 0.782. The minimum Gasteiger partial charge on any atom is -0.269 e. The standard InChI is InChI=1S/C14H12Cl2FNO2S/c1-18(12-4-2-3-11(17)8-12)21(19,20)14-7-10(9-15)5-6-13(14)16/h2-8H,9H2,1H3. The van der Waals surface area contributed by atoms with Gasteiger partial charge in [0.2, 0.25) is 0 Å². The smallest absolute Gasteiger partial charge is 0.265 e. The lowest BCUT2D eigenvalue weighted by molar-refractivity contribution is 0.594. The Morgan fingerprint density at radius 1 is 1.19 bits per heavy atom. The number of halogens is 3. The van der Waals surface area contributed by atoms with E-state index < -0.39 is 15.8 Å². The molecule has 0 amide bonds. The Morgan fingerprint density at radius 3 is 2.52 bits per heavy atom. The molecule has 0 saturated carbocycles. The normalized spacial score (nSPS) is 11.4. The summed E-state index contributed by atoms with van der Waals surface area (Å²) in [5.41, 5.74) is 0.842. The highest BCUT2D eigenvalue weighted by molar-refractivity contribution is 7.93. The summed E-state index contributed by atoms with van der Waals surface area (Å²) >= 11 is 11.7. The second-order valence-electron chi connectivity index (χ2n) is 4.35. The summed E-state index contributed by atoms with van der Waals surface area (Å²) < 4.78 is 39.5. The van der Waals surface area contributed by atoms with Gasteiger partial charge in [0.25, 0.3) is 10.0 Å². The molecule has 0 radical (unpaired) electrons. The first kappa shape index (κ1) is 16.1. The third kappa shape index (κ3) is 3.31.